The van der Waals surface area contributed by atoms with Gasteiger partial charge in [-0.15, -0.1) is 0 Å². The van der Waals surface area contributed by atoms with Crippen LogP contribution >= 0.6 is 0 Å². The number of hydrogen-bond acceptors (Lipinski definition) is 4. The predicted molar refractivity (Wildman–Crippen MR) is 60.9 cm³/mol. The Morgan fingerprint density at radius 3 is 2.87 bits per heavy atom. The summed E-state index contributed by atoms with van der Waals surface area (Å²) in [5.41, 5.74) is 1.20. The van der Waals surface area contributed by atoms with Crippen LogP contribution in [0.2, 0.25) is 0 Å². The zero-order chi connectivity index (χ0) is 10.5. The van der Waals surface area contributed by atoms with Crippen molar-refractivity contribution in [1.82, 2.24) is 15.3 Å². The van der Waals surface area contributed by atoms with E-state index in [0.29, 0.717) is 0 Å². The van der Waals surface area contributed by atoms with Gasteiger partial charge in [0.2, 0.25) is 0 Å². The van der Waals surface area contributed by atoms with Crippen LogP contribution in [0.25, 0.3) is 0 Å². The van der Waals surface area contributed by atoms with Crippen LogP contribution in [0, 0.1) is 0 Å². The molecule has 0 aliphatic carbocycles. The molecule has 4 nitrogen and oxygen atoms in total. The van der Waals surface area contributed by atoms with Gasteiger partial charge in [-0.1, -0.05) is 0 Å². The molecule has 1 aromatic rings. The Bertz CT molecular complexity index is 307. The SMILES string of the molecule is CNCc1cncnc1N1CCCCC1. The highest BCUT2D eigenvalue weighted by atomic mass is 15.2. The minimum atomic E-state index is 0.840. The second-order valence-electron chi connectivity index (χ2n) is 3.95. The van der Waals surface area contributed by atoms with Gasteiger partial charge < -0.3 is 10.2 Å². The molecular weight excluding hydrogens is 188 g/mol. The second-order valence-corrected chi connectivity index (χ2v) is 3.95. The number of anilines is 1. The van der Waals surface area contributed by atoms with Crippen LogP contribution in [0.5, 0.6) is 0 Å². The van der Waals surface area contributed by atoms with Crippen molar-refractivity contribution in [2.75, 3.05) is 25.0 Å². The fourth-order valence-corrected chi connectivity index (χ4v) is 2.06. The van der Waals surface area contributed by atoms with Gasteiger partial charge in [0.15, 0.2) is 0 Å². The number of aromatic nitrogens is 2. The summed E-state index contributed by atoms with van der Waals surface area (Å²) in [5, 5.41) is 3.16. The molecule has 1 aliphatic rings. The van der Waals surface area contributed by atoms with Crippen molar-refractivity contribution in [3.05, 3.63) is 18.1 Å². The Labute approximate surface area is 90.7 Å². The highest BCUT2D eigenvalue weighted by molar-refractivity contribution is 5.45. The van der Waals surface area contributed by atoms with E-state index in [1.807, 2.05) is 13.2 Å². The summed E-state index contributed by atoms with van der Waals surface area (Å²) in [4.78, 5) is 10.8. The van der Waals surface area contributed by atoms with Crippen LogP contribution in [0.1, 0.15) is 24.8 Å². The topological polar surface area (TPSA) is 41.1 Å². The molecule has 1 fully saturated rings. The molecule has 15 heavy (non-hydrogen) atoms. The van der Waals surface area contributed by atoms with E-state index in [1.54, 1.807) is 6.33 Å². The van der Waals surface area contributed by atoms with Gasteiger partial charge in [-0.3, -0.25) is 0 Å². The van der Waals surface area contributed by atoms with Crippen molar-refractivity contribution >= 4 is 5.82 Å². The van der Waals surface area contributed by atoms with Crippen molar-refractivity contribution < 1.29 is 0 Å². The molecule has 1 aromatic heterocycles. The third kappa shape index (κ3) is 2.45. The van der Waals surface area contributed by atoms with E-state index in [2.05, 4.69) is 20.2 Å². The number of nitrogens with zero attached hydrogens (tertiary/aromatic N) is 3. The third-order valence-corrected chi connectivity index (χ3v) is 2.79. The second kappa shape index (κ2) is 5.07. The van der Waals surface area contributed by atoms with Crippen molar-refractivity contribution in [2.45, 2.75) is 25.8 Å². The normalized spacial score (nSPS) is 16.7. The number of piperidine rings is 1. The van der Waals surface area contributed by atoms with Gasteiger partial charge in [0.1, 0.15) is 12.1 Å². The van der Waals surface area contributed by atoms with E-state index in [4.69, 9.17) is 0 Å². The first-order valence-electron chi connectivity index (χ1n) is 5.60. The zero-order valence-corrected chi connectivity index (χ0v) is 9.24. The van der Waals surface area contributed by atoms with Crippen molar-refractivity contribution in [2.24, 2.45) is 0 Å². The van der Waals surface area contributed by atoms with Crippen LogP contribution in [0.15, 0.2) is 12.5 Å². The lowest BCUT2D eigenvalue weighted by atomic mass is 10.1. The van der Waals surface area contributed by atoms with Gasteiger partial charge in [-0.25, -0.2) is 9.97 Å². The highest BCUT2D eigenvalue weighted by Gasteiger charge is 2.14. The summed E-state index contributed by atoms with van der Waals surface area (Å²) < 4.78 is 0. The van der Waals surface area contributed by atoms with Crippen LogP contribution in [-0.2, 0) is 6.54 Å². The van der Waals surface area contributed by atoms with E-state index in [0.717, 1.165) is 25.5 Å². The third-order valence-electron chi connectivity index (χ3n) is 2.79. The lowest BCUT2D eigenvalue weighted by Gasteiger charge is -2.29. The van der Waals surface area contributed by atoms with Gasteiger partial charge in [-0.2, -0.15) is 0 Å². The molecule has 1 saturated heterocycles. The summed E-state index contributed by atoms with van der Waals surface area (Å²) in [6.45, 7) is 3.11. The fraction of sp³-hybridized carbons (Fsp3) is 0.636. The maximum atomic E-state index is 4.40. The van der Waals surface area contributed by atoms with Gasteiger partial charge in [0, 0.05) is 31.4 Å². The van der Waals surface area contributed by atoms with E-state index in [-0.39, 0.29) is 0 Å². The molecule has 4 heteroatoms. The zero-order valence-electron chi connectivity index (χ0n) is 9.24. The van der Waals surface area contributed by atoms with E-state index in [1.165, 1.54) is 24.8 Å². The Morgan fingerprint density at radius 1 is 1.33 bits per heavy atom. The lowest BCUT2D eigenvalue weighted by Crippen LogP contribution is -2.31. The predicted octanol–water partition coefficient (Wildman–Crippen LogP) is 1.19. The maximum absolute atomic E-state index is 4.40. The first-order chi connectivity index (χ1) is 7.42. The summed E-state index contributed by atoms with van der Waals surface area (Å²) in [6.07, 6.45) is 7.46. The van der Waals surface area contributed by atoms with Crippen LogP contribution in [0.3, 0.4) is 0 Å². The van der Waals surface area contributed by atoms with E-state index in [9.17, 15) is 0 Å². The van der Waals surface area contributed by atoms with Gasteiger partial charge in [0.25, 0.3) is 0 Å². The molecular formula is C11H18N4. The summed E-state index contributed by atoms with van der Waals surface area (Å²) >= 11 is 0. The Hall–Kier alpha value is -1.16. The molecule has 0 atom stereocenters. The molecule has 2 rings (SSSR count). The smallest absolute Gasteiger partial charge is 0.136 e. The molecule has 1 aliphatic heterocycles. The fourth-order valence-electron chi connectivity index (χ4n) is 2.06. The highest BCUT2D eigenvalue weighted by Crippen LogP contribution is 2.20. The number of rotatable bonds is 3. The summed E-state index contributed by atoms with van der Waals surface area (Å²) in [5.74, 6) is 1.11. The Kier molecular flexibility index (Phi) is 3.50. The molecule has 0 bridgehead atoms. The molecule has 0 spiro atoms. The first-order valence-corrected chi connectivity index (χ1v) is 5.60. The van der Waals surface area contributed by atoms with Crippen LogP contribution < -0.4 is 10.2 Å². The van der Waals surface area contributed by atoms with E-state index >= 15 is 0 Å². The Morgan fingerprint density at radius 2 is 2.13 bits per heavy atom. The van der Waals surface area contributed by atoms with Gasteiger partial charge in [-0.05, 0) is 26.3 Å². The molecule has 0 amide bonds. The number of hydrogen-bond donors (Lipinski definition) is 1. The minimum absolute atomic E-state index is 0.840. The molecule has 2 heterocycles. The largest absolute Gasteiger partial charge is 0.356 e. The van der Waals surface area contributed by atoms with Crippen LogP contribution in [-0.4, -0.2) is 30.1 Å². The minimum Gasteiger partial charge on any atom is -0.356 e. The lowest BCUT2D eigenvalue weighted by molar-refractivity contribution is 0.570. The quantitative estimate of drug-likeness (QED) is 0.806. The first kappa shape index (κ1) is 10.4. The Balaban J connectivity index is 2.17. The maximum Gasteiger partial charge on any atom is 0.136 e. The van der Waals surface area contributed by atoms with Crippen molar-refractivity contribution in [3.63, 3.8) is 0 Å². The molecule has 0 aromatic carbocycles. The van der Waals surface area contributed by atoms with Gasteiger partial charge >= 0.3 is 0 Å². The number of nitrogens with one attached hydrogen (secondary N) is 1. The van der Waals surface area contributed by atoms with Crippen LogP contribution in [0.4, 0.5) is 5.82 Å². The van der Waals surface area contributed by atoms with E-state index < -0.39 is 0 Å². The van der Waals surface area contributed by atoms with Gasteiger partial charge in [0.05, 0.1) is 0 Å². The van der Waals surface area contributed by atoms with Crippen molar-refractivity contribution in [1.29, 1.82) is 0 Å². The summed E-state index contributed by atoms with van der Waals surface area (Å²) in [6, 6.07) is 0. The molecule has 0 radical (unpaired) electrons. The van der Waals surface area contributed by atoms with Crippen molar-refractivity contribution in [3.8, 4) is 0 Å². The average molecular weight is 206 g/mol. The average Bonchev–Trinajstić information content (AvgIpc) is 2.31. The monoisotopic (exact) mass is 206 g/mol. The molecule has 82 valence electrons. The standard InChI is InChI=1S/C11H18N4/c1-12-7-10-8-13-9-14-11(10)15-5-3-2-4-6-15/h8-9,12H,2-7H2,1H3. The molecule has 0 unspecified atom stereocenters. The summed E-state index contributed by atoms with van der Waals surface area (Å²) in [7, 11) is 1.95. The molecule has 1 N–H and O–H groups in total. The molecule has 0 saturated carbocycles.